The fourth-order valence-corrected chi connectivity index (χ4v) is 5.37. The molecule has 0 bridgehead atoms. The predicted octanol–water partition coefficient (Wildman–Crippen LogP) is 2.78. The molecule has 0 radical (unpaired) electrons. The lowest BCUT2D eigenvalue weighted by molar-refractivity contribution is -0.112. The summed E-state index contributed by atoms with van der Waals surface area (Å²) in [7, 11) is 1.76. The molecule has 1 N–H and O–H groups in total. The summed E-state index contributed by atoms with van der Waals surface area (Å²) in [5.41, 5.74) is 1.37. The van der Waals surface area contributed by atoms with Crippen LogP contribution in [-0.2, 0) is 11.8 Å². The van der Waals surface area contributed by atoms with Gasteiger partial charge in [-0.3, -0.25) is 18.8 Å². The first kappa shape index (κ1) is 20.6. The molecular weight excluding hydrogens is 468 g/mol. The fraction of sp³-hybridized carbons (Fsp3) is 0.0909. The van der Waals surface area contributed by atoms with Crippen molar-refractivity contribution >= 4 is 46.6 Å². The molecule has 0 saturated carbocycles. The van der Waals surface area contributed by atoms with Gasteiger partial charge in [0.25, 0.3) is 11.5 Å². The van der Waals surface area contributed by atoms with Crippen LogP contribution in [0.3, 0.4) is 0 Å². The van der Waals surface area contributed by atoms with E-state index in [2.05, 4.69) is 4.99 Å². The van der Waals surface area contributed by atoms with E-state index in [4.69, 9.17) is 23.8 Å². The first-order valence-electron chi connectivity index (χ1n) is 9.52. The van der Waals surface area contributed by atoms with Gasteiger partial charge in [0, 0.05) is 17.3 Å². The molecule has 4 aromatic rings. The minimum Gasteiger partial charge on any atom is -0.493 e. The van der Waals surface area contributed by atoms with Crippen LogP contribution in [0.2, 0.25) is 5.02 Å². The van der Waals surface area contributed by atoms with Gasteiger partial charge in [-0.2, -0.15) is 0 Å². The Balaban J connectivity index is 1.79. The fourth-order valence-electron chi connectivity index (χ4n) is 3.84. The Morgan fingerprint density at radius 1 is 1.12 bits per heavy atom. The molecule has 32 heavy (non-hydrogen) atoms. The van der Waals surface area contributed by atoms with Gasteiger partial charge in [-0.05, 0) is 49.5 Å². The summed E-state index contributed by atoms with van der Waals surface area (Å²) in [6, 6.07) is 14.1. The third-order valence-corrected chi connectivity index (χ3v) is 7.04. The molecule has 0 unspecified atom stereocenters. The molecule has 0 atom stereocenters. The molecule has 10 heteroatoms. The summed E-state index contributed by atoms with van der Waals surface area (Å²) in [6.45, 7) is 1.77. The van der Waals surface area contributed by atoms with Crippen LogP contribution in [0.15, 0.2) is 58.3 Å². The largest absolute Gasteiger partial charge is 0.493 e. The van der Waals surface area contributed by atoms with Gasteiger partial charge in [0.05, 0.1) is 22.3 Å². The second-order valence-corrected chi connectivity index (χ2v) is 9.30. The number of aromatic hydroxyl groups is 1. The highest BCUT2D eigenvalue weighted by molar-refractivity contribution is 7.73. The number of carbonyl (C=O) groups is 1. The minimum absolute atomic E-state index is 0.215. The lowest BCUT2D eigenvalue weighted by atomic mass is 10.1. The number of rotatable bonds is 3. The molecule has 0 fully saturated rings. The number of hydrogen-bond acceptors (Lipinski definition) is 5. The average molecular weight is 483 g/mol. The number of aromatic nitrogens is 3. The van der Waals surface area contributed by atoms with E-state index in [-0.39, 0.29) is 31.5 Å². The topological polar surface area (TPSA) is 81.5 Å². The summed E-state index contributed by atoms with van der Waals surface area (Å²) in [5, 5.41) is 12.6. The third-order valence-electron chi connectivity index (χ3n) is 5.43. The van der Waals surface area contributed by atoms with E-state index < -0.39 is 5.91 Å². The number of amides is 1. The van der Waals surface area contributed by atoms with Crippen molar-refractivity contribution < 1.29 is 9.90 Å². The predicted molar refractivity (Wildman–Crippen MR) is 125 cm³/mol. The van der Waals surface area contributed by atoms with Crippen LogP contribution in [0.25, 0.3) is 16.9 Å². The number of para-hydroxylation sites is 1. The van der Waals surface area contributed by atoms with Crippen LogP contribution < -0.4 is 16.1 Å². The first-order valence-corrected chi connectivity index (χ1v) is 11.1. The van der Waals surface area contributed by atoms with E-state index in [1.807, 2.05) is 30.3 Å². The number of thiazole rings is 1. The van der Waals surface area contributed by atoms with Crippen LogP contribution in [0.5, 0.6) is 5.88 Å². The van der Waals surface area contributed by atoms with E-state index in [0.717, 1.165) is 11.3 Å². The van der Waals surface area contributed by atoms with Crippen molar-refractivity contribution in [3.63, 3.8) is 0 Å². The number of nitrogens with zero attached hydrogens (tertiary/aromatic N) is 4. The Labute approximate surface area is 195 Å². The summed E-state index contributed by atoms with van der Waals surface area (Å²) >= 11 is 12.7. The quantitative estimate of drug-likeness (QED) is 0.455. The van der Waals surface area contributed by atoms with Gasteiger partial charge < -0.3 is 5.11 Å². The van der Waals surface area contributed by atoms with Crippen molar-refractivity contribution in [2.75, 3.05) is 0 Å². The van der Waals surface area contributed by atoms with Crippen LogP contribution in [0, 0.1) is 10.9 Å². The molecule has 1 aliphatic heterocycles. The van der Waals surface area contributed by atoms with Gasteiger partial charge in [-0.15, -0.1) is 11.3 Å². The Hall–Kier alpha value is -3.27. The molecule has 5 rings (SSSR count). The monoisotopic (exact) mass is 482 g/mol. The molecule has 1 amide bonds. The maximum Gasteiger partial charge on any atom is 0.296 e. The van der Waals surface area contributed by atoms with Gasteiger partial charge in [0.1, 0.15) is 10.6 Å². The van der Waals surface area contributed by atoms with Gasteiger partial charge in [0.15, 0.2) is 3.95 Å². The smallest absolute Gasteiger partial charge is 0.296 e. The molecule has 160 valence electrons. The van der Waals surface area contributed by atoms with Crippen molar-refractivity contribution in [3.8, 4) is 17.3 Å². The zero-order valence-electron chi connectivity index (χ0n) is 16.9. The Morgan fingerprint density at radius 2 is 1.84 bits per heavy atom. The van der Waals surface area contributed by atoms with Gasteiger partial charge >= 0.3 is 0 Å². The van der Waals surface area contributed by atoms with Crippen LogP contribution in [0.4, 0.5) is 0 Å². The number of benzene rings is 2. The van der Waals surface area contributed by atoms with Crippen LogP contribution >= 0.6 is 35.2 Å². The zero-order chi connectivity index (χ0) is 22.7. The number of halogens is 1. The Kier molecular flexibility index (Phi) is 4.77. The zero-order valence-corrected chi connectivity index (χ0v) is 19.3. The highest BCUT2D eigenvalue weighted by Gasteiger charge is 2.28. The highest BCUT2D eigenvalue weighted by Crippen LogP contribution is 2.35. The van der Waals surface area contributed by atoms with Crippen molar-refractivity contribution in [2.45, 2.75) is 6.92 Å². The summed E-state index contributed by atoms with van der Waals surface area (Å²) in [5.74, 6) is -0.773. The van der Waals surface area contributed by atoms with Crippen molar-refractivity contribution in [2.24, 2.45) is 12.0 Å². The first-order chi connectivity index (χ1) is 15.3. The van der Waals surface area contributed by atoms with Crippen LogP contribution in [-0.4, -0.2) is 24.9 Å². The number of hydrogen-bond donors (Lipinski definition) is 1. The van der Waals surface area contributed by atoms with Crippen molar-refractivity contribution in [1.29, 1.82) is 0 Å². The van der Waals surface area contributed by atoms with E-state index in [0.29, 0.717) is 27.0 Å². The molecule has 3 heterocycles. The number of fused-ring (bicyclic) bond motifs is 1. The van der Waals surface area contributed by atoms with Gasteiger partial charge in [-0.25, -0.2) is 9.67 Å². The molecular formula is C22H15ClN4O3S2. The van der Waals surface area contributed by atoms with E-state index in [1.165, 1.54) is 9.25 Å². The van der Waals surface area contributed by atoms with E-state index in [9.17, 15) is 14.7 Å². The molecule has 2 aromatic carbocycles. The summed E-state index contributed by atoms with van der Waals surface area (Å²) in [4.78, 5) is 30.4. The summed E-state index contributed by atoms with van der Waals surface area (Å²) in [6.07, 6.45) is 0. The molecule has 1 aliphatic rings. The average Bonchev–Trinajstić information content (AvgIpc) is 3.31. The lowest BCUT2D eigenvalue weighted by Gasteiger charge is -2.07. The van der Waals surface area contributed by atoms with E-state index in [1.54, 1.807) is 36.9 Å². The standard InChI is InChI=1S/C22H15ClN4O3S2/c1-11-17(20(29)27(25(11)2)13-6-4-3-5-7-13)26-21(30)18(32-22(26)31)16-14-10-12(23)8-9-15(14)24-19(16)28/h3-10,30H,1-2H3. The third kappa shape index (κ3) is 2.93. The maximum atomic E-state index is 13.4. The molecule has 0 spiro atoms. The second-order valence-electron chi connectivity index (χ2n) is 7.22. The van der Waals surface area contributed by atoms with E-state index >= 15 is 0 Å². The normalized spacial score (nSPS) is 12.8. The molecule has 2 aromatic heterocycles. The van der Waals surface area contributed by atoms with Crippen LogP contribution in [0.1, 0.15) is 10.6 Å². The van der Waals surface area contributed by atoms with Gasteiger partial charge in [0.2, 0.25) is 5.88 Å². The summed E-state index contributed by atoms with van der Waals surface area (Å²) < 4.78 is 4.75. The molecule has 0 saturated heterocycles. The second kappa shape index (κ2) is 7.40. The Morgan fingerprint density at radius 3 is 2.56 bits per heavy atom. The Bertz CT molecular complexity index is 1680. The minimum atomic E-state index is -0.493. The highest BCUT2D eigenvalue weighted by atomic mass is 35.5. The SMILES string of the molecule is Cc1c(-n2c(O)c(C3=c4cc(Cl)ccc4=NC3=O)sc2=S)c(=O)n(-c2ccccc2)n1C. The number of carbonyl (C=O) groups excluding carboxylic acids is 1. The van der Waals surface area contributed by atoms with Gasteiger partial charge in [-0.1, -0.05) is 29.8 Å². The molecule has 0 aliphatic carbocycles. The lowest BCUT2D eigenvalue weighted by Crippen LogP contribution is -2.22. The van der Waals surface area contributed by atoms with Crippen molar-refractivity contribution in [3.05, 3.63) is 89.0 Å². The van der Waals surface area contributed by atoms with Crippen molar-refractivity contribution in [1.82, 2.24) is 13.9 Å². The maximum absolute atomic E-state index is 13.4. The molecule has 7 nitrogen and oxygen atoms in total.